The molecule has 2 heterocycles. The Bertz CT molecular complexity index is 603. The Morgan fingerprint density at radius 1 is 1.00 bits per heavy atom. The van der Waals surface area contributed by atoms with E-state index in [2.05, 4.69) is 45.9 Å². The third-order valence-corrected chi connectivity index (χ3v) is 6.19. The number of likely N-dealkylation sites (tertiary alicyclic amines) is 1. The van der Waals surface area contributed by atoms with Gasteiger partial charge in [0.15, 0.2) is 0 Å². The van der Waals surface area contributed by atoms with E-state index in [1.807, 2.05) is 0 Å². The quantitative estimate of drug-likeness (QED) is 0.822. The van der Waals surface area contributed by atoms with Crippen LogP contribution in [0.5, 0.6) is 0 Å². The molecular formula is C21H31N3O. The standard InChI is InChI=1S/C21H31N3O/c1-17-5-4-6-18(15-17)19-16-20(19)21(25)24-13-11-23(12-14-24)10-9-22-7-2-3-8-22/h4-6,15,19-20H,2-3,7-14,16H2,1H3/t19-,20-/m1/s1. The molecule has 1 aromatic carbocycles. The summed E-state index contributed by atoms with van der Waals surface area (Å²) >= 11 is 0. The Morgan fingerprint density at radius 2 is 1.68 bits per heavy atom. The topological polar surface area (TPSA) is 26.8 Å². The molecule has 0 spiro atoms. The van der Waals surface area contributed by atoms with Crippen molar-refractivity contribution in [1.29, 1.82) is 0 Å². The molecule has 1 amide bonds. The lowest BCUT2D eigenvalue weighted by molar-refractivity contribution is -0.134. The van der Waals surface area contributed by atoms with Crippen LogP contribution < -0.4 is 0 Å². The molecular weight excluding hydrogens is 310 g/mol. The van der Waals surface area contributed by atoms with Crippen LogP contribution in [0.25, 0.3) is 0 Å². The first kappa shape index (κ1) is 17.0. The fourth-order valence-electron chi connectivity index (χ4n) is 4.45. The lowest BCUT2D eigenvalue weighted by Crippen LogP contribution is -2.50. The van der Waals surface area contributed by atoms with Crippen molar-refractivity contribution in [3.8, 4) is 0 Å². The smallest absolute Gasteiger partial charge is 0.226 e. The molecule has 25 heavy (non-hydrogen) atoms. The van der Waals surface area contributed by atoms with Crippen LogP contribution in [0.3, 0.4) is 0 Å². The number of carbonyl (C=O) groups excluding carboxylic acids is 1. The molecule has 3 aliphatic rings. The molecule has 0 aromatic heterocycles. The van der Waals surface area contributed by atoms with Gasteiger partial charge in [-0.1, -0.05) is 29.8 Å². The van der Waals surface area contributed by atoms with Gasteiger partial charge in [-0.3, -0.25) is 9.69 Å². The summed E-state index contributed by atoms with van der Waals surface area (Å²) in [6.45, 7) is 11.0. The number of benzene rings is 1. The van der Waals surface area contributed by atoms with E-state index in [0.29, 0.717) is 11.8 Å². The fraction of sp³-hybridized carbons (Fsp3) is 0.667. The number of piperazine rings is 1. The largest absolute Gasteiger partial charge is 0.340 e. The number of nitrogens with zero attached hydrogens (tertiary/aromatic N) is 3. The van der Waals surface area contributed by atoms with Crippen LogP contribution in [-0.2, 0) is 4.79 Å². The molecule has 136 valence electrons. The lowest BCUT2D eigenvalue weighted by atomic mass is 10.1. The highest BCUT2D eigenvalue weighted by Gasteiger charge is 2.46. The number of rotatable bonds is 5. The zero-order valence-electron chi connectivity index (χ0n) is 15.5. The highest BCUT2D eigenvalue weighted by Crippen LogP contribution is 2.48. The Balaban J connectivity index is 1.22. The maximum Gasteiger partial charge on any atom is 0.226 e. The van der Waals surface area contributed by atoms with Crippen molar-refractivity contribution in [2.75, 3.05) is 52.4 Å². The van der Waals surface area contributed by atoms with Gasteiger partial charge in [-0.15, -0.1) is 0 Å². The Kier molecular flexibility index (Phi) is 5.09. The van der Waals surface area contributed by atoms with Crippen LogP contribution in [0.2, 0.25) is 0 Å². The van der Waals surface area contributed by atoms with Gasteiger partial charge in [-0.2, -0.15) is 0 Å². The summed E-state index contributed by atoms with van der Waals surface area (Å²) in [5.74, 6) is 1.09. The molecule has 1 saturated carbocycles. The number of amides is 1. The van der Waals surface area contributed by atoms with E-state index in [4.69, 9.17) is 0 Å². The van der Waals surface area contributed by atoms with Crippen LogP contribution >= 0.6 is 0 Å². The molecule has 0 N–H and O–H groups in total. The Hall–Kier alpha value is -1.39. The Labute approximate surface area is 151 Å². The van der Waals surface area contributed by atoms with Gasteiger partial charge in [0.1, 0.15) is 0 Å². The zero-order chi connectivity index (χ0) is 17.2. The van der Waals surface area contributed by atoms with Crippen LogP contribution in [-0.4, -0.2) is 73.0 Å². The number of carbonyl (C=O) groups is 1. The first-order valence-electron chi connectivity index (χ1n) is 10.0. The molecule has 2 atom stereocenters. The second-order valence-corrected chi connectivity index (χ2v) is 8.08. The minimum atomic E-state index is 0.234. The lowest BCUT2D eigenvalue weighted by Gasteiger charge is -2.35. The van der Waals surface area contributed by atoms with Crippen molar-refractivity contribution in [1.82, 2.24) is 14.7 Å². The highest BCUT2D eigenvalue weighted by molar-refractivity contribution is 5.83. The predicted octanol–water partition coefficient (Wildman–Crippen LogP) is 2.34. The molecule has 2 aliphatic heterocycles. The first-order valence-corrected chi connectivity index (χ1v) is 10.0. The third kappa shape index (κ3) is 4.06. The summed E-state index contributed by atoms with van der Waals surface area (Å²) in [6.07, 6.45) is 3.77. The molecule has 1 aromatic rings. The summed E-state index contributed by atoms with van der Waals surface area (Å²) in [4.78, 5) is 20.0. The van der Waals surface area contributed by atoms with Crippen molar-refractivity contribution in [2.24, 2.45) is 5.92 Å². The molecule has 0 unspecified atom stereocenters. The van der Waals surface area contributed by atoms with Gasteiger partial charge in [-0.25, -0.2) is 0 Å². The Morgan fingerprint density at radius 3 is 2.36 bits per heavy atom. The van der Waals surface area contributed by atoms with Gasteiger partial charge in [0.25, 0.3) is 0 Å². The second kappa shape index (κ2) is 7.46. The molecule has 0 bridgehead atoms. The van der Waals surface area contributed by atoms with Crippen molar-refractivity contribution >= 4 is 5.91 Å². The maximum atomic E-state index is 12.8. The van der Waals surface area contributed by atoms with Gasteiger partial charge >= 0.3 is 0 Å². The van der Waals surface area contributed by atoms with Gasteiger partial charge in [0, 0.05) is 45.2 Å². The molecule has 4 nitrogen and oxygen atoms in total. The highest BCUT2D eigenvalue weighted by atomic mass is 16.2. The summed E-state index contributed by atoms with van der Waals surface area (Å²) in [6, 6.07) is 8.67. The van der Waals surface area contributed by atoms with Crippen molar-refractivity contribution in [3.63, 3.8) is 0 Å². The zero-order valence-corrected chi connectivity index (χ0v) is 15.5. The van der Waals surface area contributed by atoms with Crippen LogP contribution in [0.1, 0.15) is 36.3 Å². The van der Waals surface area contributed by atoms with Crippen molar-refractivity contribution in [2.45, 2.75) is 32.1 Å². The van der Waals surface area contributed by atoms with Crippen LogP contribution in [0, 0.1) is 12.8 Å². The van der Waals surface area contributed by atoms with Crippen molar-refractivity contribution < 1.29 is 4.79 Å². The minimum Gasteiger partial charge on any atom is -0.340 e. The number of hydrogen-bond donors (Lipinski definition) is 0. The van der Waals surface area contributed by atoms with E-state index in [0.717, 1.165) is 39.1 Å². The van der Waals surface area contributed by atoms with Crippen molar-refractivity contribution in [3.05, 3.63) is 35.4 Å². The van der Waals surface area contributed by atoms with Crippen LogP contribution in [0.15, 0.2) is 24.3 Å². The predicted molar refractivity (Wildman–Crippen MR) is 101 cm³/mol. The normalized spacial score (nSPS) is 27.6. The van der Waals surface area contributed by atoms with E-state index in [1.165, 1.54) is 43.6 Å². The van der Waals surface area contributed by atoms with E-state index < -0.39 is 0 Å². The summed E-state index contributed by atoms with van der Waals surface area (Å²) in [5.41, 5.74) is 2.64. The van der Waals surface area contributed by atoms with E-state index >= 15 is 0 Å². The van der Waals surface area contributed by atoms with E-state index in [9.17, 15) is 4.79 Å². The maximum absolute atomic E-state index is 12.8. The van der Waals surface area contributed by atoms with Gasteiger partial charge in [0.05, 0.1) is 0 Å². The number of aryl methyl sites for hydroxylation is 1. The average molecular weight is 341 g/mol. The van der Waals surface area contributed by atoms with E-state index in [1.54, 1.807) is 0 Å². The molecule has 2 saturated heterocycles. The molecule has 4 rings (SSSR count). The summed E-state index contributed by atoms with van der Waals surface area (Å²) in [7, 11) is 0. The van der Waals surface area contributed by atoms with E-state index in [-0.39, 0.29) is 5.92 Å². The average Bonchev–Trinajstić information content (AvgIpc) is 3.27. The molecule has 0 radical (unpaired) electrons. The SMILES string of the molecule is Cc1cccc([C@H]2C[C@H]2C(=O)N2CCN(CCN3CCCC3)CC2)c1. The molecule has 1 aliphatic carbocycles. The first-order chi connectivity index (χ1) is 12.2. The van der Waals surface area contributed by atoms with Crippen LogP contribution in [0.4, 0.5) is 0 Å². The van der Waals surface area contributed by atoms with Gasteiger partial charge < -0.3 is 9.80 Å². The fourth-order valence-corrected chi connectivity index (χ4v) is 4.45. The van der Waals surface area contributed by atoms with Gasteiger partial charge in [-0.05, 0) is 50.8 Å². The summed E-state index contributed by atoms with van der Waals surface area (Å²) < 4.78 is 0. The third-order valence-electron chi connectivity index (χ3n) is 6.19. The molecule has 3 fully saturated rings. The minimum absolute atomic E-state index is 0.234. The molecule has 4 heteroatoms. The summed E-state index contributed by atoms with van der Waals surface area (Å²) in [5, 5.41) is 0. The monoisotopic (exact) mass is 341 g/mol. The van der Waals surface area contributed by atoms with Gasteiger partial charge in [0.2, 0.25) is 5.91 Å². The second-order valence-electron chi connectivity index (χ2n) is 8.08. The number of hydrogen-bond acceptors (Lipinski definition) is 3.